The number of hydrogen-bond donors (Lipinski definition) is 2. The molecule has 0 spiro atoms. The standard InChI is InChI=1S/C9H18BrNO3/c1-6(12)9(2,3)11-5-7(10)8(13)14-4/h6-7,11-12H,5H2,1-4H3. The predicted molar refractivity (Wildman–Crippen MR) is 58.5 cm³/mol. The van der Waals surface area contributed by atoms with Gasteiger partial charge in [0.05, 0.1) is 13.2 Å². The molecule has 14 heavy (non-hydrogen) atoms. The summed E-state index contributed by atoms with van der Waals surface area (Å²) in [5.74, 6) is -0.320. The van der Waals surface area contributed by atoms with E-state index in [0.717, 1.165) is 0 Å². The van der Waals surface area contributed by atoms with Crippen molar-refractivity contribution in [3.05, 3.63) is 0 Å². The summed E-state index contributed by atoms with van der Waals surface area (Å²) >= 11 is 3.19. The smallest absolute Gasteiger partial charge is 0.320 e. The normalized spacial score (nSPS) is 16.1. The van der Waals surface area contributed by atoms with Gasteiger partial charge in [-0.25, -0.2) is 0 Å². The first-order chi connectivity index (χ1) is 6.31. The van der Waals surface area contributed by atoms with Crippen LogP contribution in [0.3, 0.4) is 0 Å². The van der Waals surface area contributed by atoms with Gasteiger partial charge in [0.15, 0.2) is 0 Å². The molecule has 0 aliphatic rings. The maximum absolute atomic E-state index is 11.0. The van der Waals surface area contributed by atoms with Gasteiger partial charge in [0, 0.05) is 12.1 Å². The molecule has 0 fully saturated rings. The maximum Gasteiger partial charge on any atom is 0.320 e. The Morgan fingerprint density at radius 3 is 2.50 bits per heavy atom. The Morgan fingerprint density at radius 1 is 1.64 bits per heavy atom. The first kappa shape index (κ1) is 13.9. The highest BCUT2D eigenvalue weighted by Crippen LogP contribution is 2.10. The van der Waals surface area contributed by atoms with Crippen molar-refractivity contribution in [1.82, 2.24) is 5.32 Å². The minimum absolute atomic E-state index is 0.320. The van der Waals surface area contributed by atoms with Crippen molar-refractivity contribution in [1.29, 1.82) is 0 Å². The molecular formula is C9H18BrNO3. The van der Waals surface area contributed by atoms with Crippen molar-refractivity contribution in [2.24, 2.45) is 0 Å². The number of aliphatic hydroxyl groups is 1. The molecule has 0 aliphatic heterocycles. The van der Waals surface area contributed by atoms with Gasteiger partial charge in [-0.3, -0.25) is 4.79 Å². The second-order valence-corrected chi connectivity index (χ2v) is 4.87. The van der Waals surface area contributed by atoms with Crippen molar-refractivity contribution in [2.45, 2.75) is 37.2 Å². The number of aliphatic hydroxyl groups excluding tert-OH is 1. The lowest BCUT2D eigenvalue weighted by atomic mass is 9.99. The Morgan fingerprint density at radius 2 is 2.14 bits per heavy atom. The zero-order valence-corrected chi connectivity index (χ0v) is 10.6. The number of ether oxygens (including phenoxy) is 1. The molecule has 84 valence electrons. The van der Waals surface area contributed by atoms with Gasteiger partial charge < -0.3 is 15.2 Å². The number of nitrogens with one attached hydrogen (secondary N) is 1. The van der Waals surface area contributed by atoms with Crippen LogP contribution in [0.25, 0.3) is 0 Å². The molecule has 0 heterocycles. The average molecular weight is 268 g/mol. The Bertz CT molecular complexity index is 194. The minimum atomic E-state index is -0.486. The van der Waals surface area contributed by atoms with Crippen LogP contribution in [0, 0.1) is 0 Å². The molecule has 0 aromatic heterocycles. The fourth-order valence-electron chi connectivity index (χ4n) is 0.712. The zero-order valence-electron chi connectivity index (χ0n) is 9.00. The van der Waals surface area contributed by atoms with Crippen LogP contribution in [0.4, 0.5) is 0 Å². The van der Waals surface area contributed by atoms with E-state index in [9.17, 15) is 9.90 Å². The van der Waals surface area contributed by atoms with Crippen LogP contribution in [0.2, 0.25) is 0 Å². The van der Waals surface area contributed by atoms with Crippen LogP contribution < -0.4 is 5.32 Å². The molecule has 0 aromatic carbocycles. The summed E-state index contributed by atoms with van der Waals surface area (Å²) in [6, 6.07) is 0. The van der Waals surface area contributed by atoms with Crippen LogP contribution in [-0.4, -0.2) is 41.2 Å². The number of esters is 1. The SMILES string of the molecule is COC(=O)C(Br)CNC(C)(C)C(C)O. The number of halogens is 1. The van der Waals surface area contributed by atoms with Crippen molar-refractivity contribution in [2.75, 3.05) is 13.7 Å². The number of alkyl halides is 1. The molecule has 0 amide bonds. The molecular weight excluding hydrogens is 250 g/mol. The first-order valence-corrected chi connectivity index (χ1v) is 5.38. The summed E-state index contributed by atoms with van der Waals surface area (Å²) in [6.45, 7) is 5.86. The summed E-state index contributed by atoms with van der Waals surface area (Å²) in [7, 11) is 1.34. The third-order valence-corrected chi connectivity index (χ3v) is 2.94. The molecule has 0 radical (unpaired) electrons. The first-order valence-electron chi connectivity index (χ1n) is 4.46. The Kier molecular flexibility index (Phi) is 5.63. The molecule has 5 heteroatoms. The van der Waals surface area contributed by atoms with Gasteiger partial charge >= 0.3 is 5.97 Å². The molecule has 0 aliphatic carbocycles. The van der Waals surface area contributed by atoms with Crippen LogP contribution >= 0.6 is 15.9 Å². The molecule has 0 saturated carbocycles. The number of carbonyl (C=O) groups excluding carboxylic acids is 1. The van der Waals surface area contributed by atoms with E-state index >= 15 is 0 Å². The zero-order chi connectivity index (χ0) is 11.4. The highest BCUT2D eigenvalue weighted by Gasteiger charge is 2.25. The monoisotopic (exact) mass is 267 g/mol. The molecule has 2 atom stereocenters. The van der Waals surface area contributed by atoms with Crippen molar-refractivity contribution in [3.8, 4) is 0 Å². The van der Waals surface area contributed by atoms with E-state index < -0.39 is 11.6 Å². The Balaban J connectivity index is 3.99. The summed E-state index contributed by atoms with van der Waals surface area (Å²) in [4.78, 5) is 10.6. The lowest BCUT2D eigenvalue weighted by molar-refractivity contribution is -0.139. The Labute approximate surface area is 93.1 Å². The van der Waals surface area contributed by atoms with Gasteiger partial charge in [-0.2, -0.15) is 0 Å². The second-order valence-electron chi connectivity index (χ2n) is 3.77. The highest BCUT2D eigenvalue weighted by atomic mass is 79.9. The van der Waals surface area contributed by atoms with Crippen LogP contribution in [0.1, 0.15) is 20.8 Å². The highest BCUT2D eigenvalue weighted by molar-refractivity contribution is 9.10. The second kappa shape index (κ2) is 5.68. The molecule has 2 unspecified atom stereocenters. The summed E-state index contributed by atoms with van der Waals surface area (Å²) in [5, 5.41) is 12.5. The lowest BCUT2D eigenvalue weighted by Gasteiger charge is -2.30. The van der Waals surface area contributed by atoms with E-state index in [0.29, 0.717) is 6.54 Å². The summed E-state index contributed by atoms with van der Waals surface area (Å²) in [5.41, 5.74) is -0.417. The third kappa shape index (κ3) is 4.39. The summed E-state index contributed by atoms with van der Waals surface area (Å²) in [6.07, 6.45) is -0.486. The largest absolute Gasteiger partial charge is 0.468 e. The molecule has 0 bridgehead atoms. The van der Waals surface area contributed by atoms with Gasteiger partial charge in [0.1, 0.15) is 4.83 Å². The van der Waals surface area contributed by atoms with Gasteiger partial charge in [-0.15, -0.1) is 0 Å². The van der Waals surface area contributed by atoms with Crippen molar-refractivity contribution >= 4 is 21.9 Å². The van der Waals surface area contributed by atoms with Crippen molar-refractivity contribution in [3.63, 3.8) is 0 Å². The molecule has 4 nitrogen and oxygen atoms in total. The topological polar surface area (TPSA) is 58.6 Å². The van der Waals surface area contributed by atoms with E-state index in [1.165, 1.54) is 7.11 Å². The molecule has 2 N–H and O–H groups in total. The fraction of sp³-hybridized carbons (Fsp3) is 0.889. The Hall–Kier alpha value is -0.130. The average Bonchev–Trinajstić information content (AvgIpc) is 2.12. The fourth-order valence-corrected chi connectivity index (χ4v) is 1.06. The molecule has 0 aromatic rings. The van der Waals surface area contributed by atoms with Crippen molar-refractivity contribution < 1.29 is 14.6 Å². The van der Waals surface area contributed by atoms with Gasteiger partial charge in [0.25, 0.3) is 0 Å². The number of methoxy groups -OCH3 is 1. The van der Waals surface area contributed by atoms with Crippen LogP contribution in [-0.2, 0) is 9.53 Å². The lowest BCUT2D eigenvalue weighted by Crippen LogP contribution is -2.50. The number of hydrogen-bond acceptors (Lipinski definition) is 4. The minimum Gasteiger partial charge on any atom is -0.468 e. The molecule has 0 rings (SSSR count). The van der Waals surface area contributed by atoms with E-state index in [1.54, 1.807) is 6.92 Å². The quantitative estimate of drug-likeness (QED) is 0.568. The van der Waals surface area contributed by atoms with E-state index in [1.807, 2.05) is 13.8 Å². The maximum atomic E-state index is 11.0. The van der Waals surface area contributed by atoms with E-state index in [4.69, 9.17) is 0 Å². The number of rotatable bonds is 5. The summed E-state index contributed by atoms with van der Waals surface area (Å²) < 4.78 is 4.55. The predicted octanol–water partition coefficient (Wildman–Crippen LogP) is 0.672. The molecule has 0 saturated heterocycles. The van der Waals surface area contributed by atoms with Gasteiger partial charge in [-0.05, 0) is 20.8 Å². The van der Waals surface area contributed by atoms with Crippen LogP contribution in [0.5, 0.6) is 0 Å². The number of carbonyl (C=O) groups is 1. The van der Waals surface area contributed by atoms with Gasteiger partial charge in [0.2, 0.25) is 0 Å². The van der Waals surface area contributed by atoms with E-state index in [-0.39, 0.29) is 10.8 Å². The van der Waals surface area contributed by atoms with Gasteiger partial charge in [-0.1, -0.05) is 15.9 Å². The van der Waals surface area contributed by atoms with E-state index in [2.05, 4.69) is 26.0 Å². The van der Waals surface area contributed by atoms with Crippen LogP contribution in [0.15, 0.2) is 0 Å². The third-order valence-electron chi connectivity index (χ3n) is 2.24.